The zero-order valence-electron chi connectivity index (χ0n) is 17.9. The lowest BCUT2D eigenvalue weighted by molar-refractivity contribution is 0.102. The van der Waals surface area contributed by atoms with Crippen LogP contribution in [0.4, 0.5) is 10.5 Å². The van der Waals surface area contributed by atoms with Crippen LogP contribution in [0.1, 0.15) is 55.1 Å². The van der Waals surface area contributed by atoms with E-state index in [1.165, 1.54) is 10.7 Å². The number of hydrogen-bond acceptors (Lipinski definition) is 4. The maximum atomic E-state index is 12.7. The van der Waals surface area contributed by atoms with E-state index in [4.69, 9.17) is 11.6 Å². The molecule has 0 saturated heterocycles. The van der Waals surface area contributed by atoms with E-state index in [1.807, 2.05) is 19.9 Å². The van der Waals surface area contributed by atoms with Crippen LogP contribution in [0.25, 0.3) is 11.3 Å². The number of phenols is 1. The standard InChI is InChI=1S/C24H25ClN4O3/c1-14(2)26-24(32)29-21(15-4-3-5-15)13-20(28-29)19-12-18(10-11-22(19)30)27-23(31)16-6-8-17(25)9-7-16/h6-15,30H,3-5H2,1-2H3,(H,26,32)(H,27,31). The number of nitrogens with zero attached hydrogens (tertiary/aromatic N) is 2. The van der Waals surface area contributed by atoms with Gasteiger partial charge in [0.25, 0.3) is 5.91 Å². The fourth-order valence-corrected chi connectivity index (χ4v) is 3.74. The number of halogens is 1. The number of anilines is 1. The number of rotatable bonds is 5. The Morgan fingerprint density at radius 3 is 2.47 bits per heavy atom. The maximum Gasteiger partial charge on any atom is 0.342 e. The second-order valence-corrected chi connectivity index (χ2v) is 8.73. The van der Waals surface area contributed by atoms with Crippen LogP contribution in [0.3, 0.4) is 0 Å². The summed E-state index contributed by atoms with van der Waals surface area (Å²) < 4.78 is 1.40. The maximum absolute atomic E-state index is 12.7. The van der Waals surface area contributed by atoms with Crippen molar-refractivity contribution in [2.45, 2.75) is 45.1 Å². The van der Waals surface area contributed by atoms with E-state index < -0.39 is 0 Å². The van der Waals surface area contributed by atoms with Gasteiger partial charge in [-0.15, -0.1) is 0 Å². The highest BCUT2D eigenvalue weighted by molar-refractivity contribution is 6.30. The molecule has 0 bridgehead atoms. The summed E-state index contributed by atoms with van der Waals surface area (Å²) in [6.45, 7) is 3.79. The summed E-state index contributed by atoms with van der Waals surface area (Å²) in [5, 5.41) is 21.2. The first-order valence-corrected chi connectivity index (χ1v) is 11.0. The van der Waals surface area contributed by atoms with Crippen molar-refractivity contribution in [2.24, 2.45) is 0 Å². The van der Waals surface area contributed by atoms with E-state index in [0.29, 0.717) is 27.5 Å². The van der Waals surface area contributed by atoms with Crippen LogP contribution in [0, 0.1) is 0 Å². The Hall–Kier alpha value is -3.32. The van der Waals surface area contributed by atoms with Crippen LogP contribution in [0.15, 0.2) is 48.5 Å². The van der Waals surface area contributed by atoms with Gasteiger partial charge in [0.2, 0.25) is 0 Å². The Labute approximate surface area is 191 Å². The number of aromatic hydroxyl groups is 1. The van der Waals surface area contributed by atoms with E-state index in [0.717, 1.165) is 25.0 Å². The Balaban J connectivity index is 1.64. The van der Waals surface area contributed by atoms with Crippen molar-refractivity contribution in [1.29, 1.82) is 0 Å². The van der Waals surface area contributed by atoms with Gasteiger partial charge in [-0.25, -0.2) is 4.79 Å². The molecular formula is C24H25ClN4O3. The smallest absolute Gasteiger partial charge is 0.342 e. The van der Waals surface area contributed by atoms with Gasteiger partial charge in [0.05, 0.1) is 11.4 Å². The molecule has 0 atom stereocenters. The number of phenolic OH excluding ortho intramolecular Hbond substituents is 1. The van der Waals surface area contributed by atoms with Gasteiger partial charge in [-0.2, -0.15) is 9.78 Å². The molecule has 2 aromatic carbocycles. The van der Waals surface area contributed by atoms with Crippen LogP contribution >= 0.6 is 11.6 Å². The zero-order valence-corrected chi connectivity index (χ0v) is 18.7. The van der Waals surface area contributed by atoms with E-state index in [1.54, 1.807) is 36.4 Å². The van der Waals surface area contributed by atoms with E-state index >= 15 is 0 Å². The van der Waals surface area contributed by atoms with Gasteiger partial charge in [0.1, 0.15) is 5.75 Å². The normalized spacial score (nSPS) is 13.6. The summed E-state index contributed by atoms with van der Waals surface area (Å²) in [4.78, 5) is 25.3. The molecule has 32 heavy (non-hydrogen) atoms. The third-order valence-corrected chi connectivity index (χ3v) is 5.75. The number of hydrogen-bond donors (Lipinski definition) is 3. The molecule has 0 spiro atoms. The molecule has 0 radical (unpaired) electrons. The average Bonchev–Trinajstić information content (AvgIpc) is 3.12. The quantitative estimate of drug-likeness (QED) is 0.452. The highest BCUT2D eigenvalue weighted by Gasteiger charge is 2.28. The molecule has 1 saturated carbocycles. The first-order valence-electron chi connectivity index (χ1n) is 10.6. The summed E-state index contributed by atoms with van der Waals surface area (Å²) in [6.07, 6.45) is 3.13. The zero-order chi connectivity index (χ0) is 22.8. The molecule has 3 aromatic rings. The minimum absolute atomic E-state index is 0.0172. The minimum atomic E-state index is -0.296. The molecule has 7 nitrogen and oxygen atoms in total. The SMILES string of the molecule is CC(C)NC(=O)n1nc(-c2cc(NC(=O)c3ccc(Cl)cc3)ccc2O)cc1C1CCC1. The van der Waals surface area contributed by atoms with Crippen molar-refractivity contribution < 1.29 is 14.7 Å². The highest BCUT2D eigenvalue weighted by atomic mass is 35.5. The van der Waals surface area contributed by atoms with Gasteiger partial charge in [-0.1, -0.05) is 18.0 Å². The number of carbonyl (C=O) groups is 2. The number of nitrogens with one attached hydrogen (secondary N) is 2. The van der Waals surface area contributed by atoms with E-state index in [9.17, 15) is 14.7 Å². The predicted octanol–water partition coefficient (Wildman–Crippen LogP) is 5.40. The van der Waals surface area contributed by atoms with Crippen LogP contribution in [0.2, 0.25) is 5.02 Å². The summed E-state index contributed by atoms with van der Waals surface area (Å²) in [5.41, 5.74) is 2.72. The molecule has 1 heterocycles. The second kappa shape index (κ2) is 9.04. The van der Waals surface area contributed by atoms with Gasteiger partial charge in [-0.05, 0) is 75.2 Å². The number of amides is 2. The van der Waals surface area contributed by atoms with Crippen LogP contribution in [-0.2, 0) is 0 Å². The molecule has 8 heteroatoms. The highest BCUT2D eigenvalue weighted by Crippen LogP contribution is 2.39. The monoisotopic (exact) mass is 452 g/mol. The van der Waals surface area contributed by atoms with Crippen LogP contribution < -0.4 is 10.6 Å². The minimum Gasteiger partial charge on any atom is -0.507 e. The number of benzene rings is 2. The Morgan fingerprint density at radius 1 is 1.12 bits per heavy atom. The number of carbonyl (C=O) groups excluding carboxylic acids is 2. The largest absolute Gasteiger partial charge is 0.507 e. The van der Waals surface area contributed by atoms with Crippen molar-refractivity contribution in [2.75, 3.05) is 5.32 Å². The summed E-state index contributed by atoms with van der Waals surface area (Å²) >= 11 is 5.89. The van der Waals surface area contributed by atoms with E-state index in [2.05, 4.69) is 15.7 Å². The van der Waals surface area contributed by atoms with Crippen LogP contribution in [-0.4, -0.2) is 32.9 Å². The first-order chi connectivity index (χ1) is 15.3. The molecule has 3 N–H and O–H groups in total. The molecule has 0 aliphatic heterocycles. The van der Waals surface area contributed by atoms with Crippen molar-refractivity contribution in [3.63, 3.8) is 0 Å². The number of aromatic nitrogens is 2. The second-order valence-electron chi connectivity index (χ2n) is 8.29. The fraction of sp³-hybridized carbons (Fsp3) is 0.292. The van der Waals surface area contributed by atoms with Gasteiger partial charge < -0.3 is 15.7 Å². The third-order valence-electron chi connectivity index (χ3n) is 5.50. The molecule has 166 valence electrons. The van der Waals surface area contributed by atoms with Crippen molar-refractivity contribution in [3.8, 4) is 17.0 Å². The third kappa shape index (κ3) is 4.62. The molecule has 1 fully saturated rings. The Morgan fingerprint density at radius 2 is 1.84 bits per heavy atom. The molecular weight excluding hydrogens is 428 g/mol. The summed E-state index contributed by atoms with van der Waals surface area (Å²) in [7, 11) is 0. The molecule has 1 aromatic heterocycles. The summed E-state index contributed by atoms with van der Waals surface area (Å²) in [6, 6.07) is 12.9. The molecule has 4 rings (SSSR count). The molecule has 2 amide bonds. The fourth-order valence-electron chi connectivity index (χ4n) is 3.62. The van der Waals surface area contributed by atoms with Gasteiger partial charge >= 0.3 is 6.03 Å². The molecule has 0 unspecified atom stereocenters. The average molecular weight is 453 g/mol. The summed E-state index contributed by atoms with van der Waals surface area (Å²) in [5.74, 6) is -0.0111. The molecule has 1 aliphatic rings. The van der Waals surface area contributed by atoms with Gasteiger partial charge in [0, 0.05) is 33.8 Å². The van der Waals surface area contributed by atoms with Crippen molar-refractivity contribution in [1.82, 2.24) is 15.1 Å². The Bertz CT molecular complexity index is 1150. The lowest BCUT2D eigenvalue weighted by atomic mass is 9.82. The lowest BCUT2D eigenvalue weighted by Gasteiger charge is -2.25. The first kappa shape index (κ1) is 21.9. The Kier molecular flexibility index (Phi) is 6.19. The van der Waals surface area contributed by atoms with Crippen molar-refractivity contribution >= 4 is 29.2 Å². The molecule has 1 aliphatic carbocycles. The predicted molar refractivity (Wildman–Crippen MR) is 124 cm³/mol. The van der Waals surface area contributed by atoms with Gasteiger partial charge in [0.15, 0.2) is 0 Å². The van der Waals surface area contributed by atoms with Gasteiger partial charge in [-0.3, -0.25) is 4.79 Å². The lowest BCUT2D eigenvalue weighted by Crippen LogP contribution is -2.36. The van der Waals surface area contributed by atoms with Crippen molar-refractivity contribution in [3.05, 3.63) is 64.8 Å². The van der Waals surface area contributed by atoms with E-state index in [-0.39, 0.29) is 29.6 Å². The van der Waals surface area contributed by atoms with Crippen LogP contribution in [0.5, 0.6) is 5.75 Å². The topological polar surface area (TPSA) is 96.3 Å².